The fraction of sp³-hybridized carbons (Fsp3) is 0.500. The molecule has 0 saturated carbocycles. The minimum Gasteiger partial charge on any atom is -0.384 e. The third-order valence-corrected chi connectivity index (χ3v) is 3.10. The highest BCUT2D eigenvalue weighted by Crippen LogP contribution is 2.30. The van der Waals surface area contributed by atoms with E-state index in [0.29, 0.717) is 5.92 Å². The number of hydrogen-bond donors (Lipinski definition) is 1. The lowest BCUT2D eigenvalue weighted by atomic mass is 9.90. The van der Waals surface area contributed by atoms with E-state index in [1.165, 1.54) is 0 Å². The van der Waals surface area contributed by atoms with Gasteiger partial charge in [0, 0.05) is 17.8 Å². The number of rotatable bonds is 1. The number of aryl methyl sites for hydroxylation is 1. The van der Waals surface area contributed by atoms with Gasteiger partial charge < -0.3 is 5.32 Å². The molecule has 2 heteroatoms. The van der Waals surface area contributed by atoms with Gasteiger partial charge in [-0.2, -0.15) is 0 Å². The Balaban J connectivity index is 2.40. The van der Waals surface area contributed by atoms with Crippen LogP contribution in [0.4, 0.5) is 10.1 Å². The zero-order chi connectivity index (χ0) is 10.1. The van der Waals surface area contributed by atoms with Crippen LogP contribution < -0.4 is 5.32 Å². The van der Waals surface area contributed by atoms with E-state index in [9.17, 15) is 4.39 Å². The highest BCUT2D eigenvalue weighted by Gasteiger charge is 2.20. The Labute approximate surface area is 84.3 Å². The molecule has 2 rings (SSSR count). The molecule has 1 aliphatic heterocycles. The lowest BCUT2D eigenvalue weighted by Crippen LogP contribution is -2.24. The number of benzene rings is 1. The van der Waals surface area contributed by atoms with Gasteiger partial charge in [-0.05, 0) is 30.9 Å². The van der Waals surface area contributed by atoms with E-state index < -0.39 is 0 Å². The maximum absolute atomic E-state index is 13.5. The minimum atomic E-state index is -0.0590. The lowest BCUT2D eigenvalue weighted by molar-refractivity contribution is 0.498. The van der Waals surface area contributed by atoms with E-state index >= 15 is 0 Å². The van der Waals surface area contributed by atoms with Crippen molar-refractivity contribution in [3.8, 4) is 0 Å². The Bertz CT molecular complexity index is 346. The van der Waals surface area contributed by atoms with Gasteiger partial charge in [0.05, 0.1) is 0 Å². The van der Waals surface area contributed by atoms with E-state index in [2.05, 4.69) is 12.2 Å². The van der Waals surface area contributed by atoms with Crippen molar-refractivity contribution < 1.29 is 4.39 Å². The van der Waals surface area contributed by atoms with Crippen molar-refractivity contribution in [1.82, 2.24) is 0 Å². The fourth-order valence-electron chi connectivity index (χ4n) is 2.08. The van der Waals surface area contributed by atoms with Crippen LogP contribution >= 0.6 is 0 Å². The van der Waals surface area contributed by atoms with Crippen molar-refractivity contribution in [1.29, 1.82) is 0 Å². The Morgan fingerprint density at radius 2 is 2.29 bits per heavy atom. The predicted molar refractivity (Wildman–Crippen MR) is 57.1 cm³/mol. The average Bonchev–Trinajstić information content (AvgIpc) is 2.23. The molecule has 0 bridgehead atoms. The van der Waals surface area contributed by atoms with Gasteiger partial charge in [-0.3, -0.25) is 0 Å². The zero-order valence-corrected chi connectivity index (χ0v) is 8.73. The van der Waals surface area contributed by atoms with Gasteiger partial charge in [0.2, 0.25) is 0 Å². The molecule has 1 N–H and O–H groups in total. The molecule has 76 valence electrons. The molecule has 1 aromatic carbocycles. The summed E-state index contributed by atoms with van der Waals surface area (Å²) >= 11 is 0. The zero-order valence-electron chi connectivity index (χ0n) is 8.73. The summed E-state index contributed by atoms with van der Waals surface area (Å²) in [6.07, 6.45) is 1.99. The van der Waals surface area contributed by atoms with E-state index in [0.717, 1.165) is 36.2 Å². The molecule has 1 aliphatic rings. The van der Waals surface area contributed by atoms with Gasteiger partial charge in [-0.15, -0.1) is 0 Å². The van der Waals surface area contributed by atoms with Gasteiger partial charge >= 0.3 is 0 Å². The molecular weight excluding hydrogens is 177 g/mol. The molecule has 0 saturated heterocycles. The highest BCUT2D eigenvalue weighted by atomic mass is 19.1. The van der Waals surface area contributed by atoms with Crippen molar-refractivity contribution in [3.63, 3.8) is 0 Å². The summed E-state index contributed by atoms with van der Waals surface area (Å²) in [7, 11) is 0. The largest absolute Gasteiger partial charge is 0.384 e. The predicted octanol–water partition coefficient (Wildman–Crippen LogP) is 3.13. The van der Waals surface area contributed by atoms with Crippen LogP contribution in [0, 0.1) is 18.7 Å². The molecule has 1 heterocycles. The van der Waals surface area contributed by atoms with Crippen LogP contribution in [-0.2, 0) is 6.42 Å². The minimum absolute atomic E-state index is 0.0590. The summed E-state index contributed by atoms with van der Waals surface area (Å²) in [5.74, 6) is 0.523. The summed E-state index contributed by atoms with van der Waals surface area (Å²) < 4.78 is 13.5. The fourth-order valence-corrected chi connectivity index (χ4v) is 2.08. The maximum Gasteiger partial charge on any atom is 0.128 e. The van der Waals surface area contributed by atoms with Crippen molar-refractivity contribution in [2.45, 2.75) is 26.7 Å². The number of fused-ring (bicyclic) bond motifs is 1. The van der Waals surface area contributed by atoms with Crippen LogP contribution in [0.2, 0.25) is 0 Å². The van der Waals surface area contributed by atoms with Gasteiger partial charge in [0.15, 0.2) is 0 Å². The maximum atomic E-state index is 13.5. The second-order valence-corrected chi connectivity index (χ2v) is 4.08. The van der Waals surface area contributed by atoms with Gasteiger partial charge in [-0.25, -0.2) is 4.39 Å². The Morgan fingerprint density at radius 3 is 3.00 bits per heavy atom. The highest BCUT2D eigenvalue weighted by molar-refractivity contribution is 5.59. The van der Waals surface area contributed by atoms with Crippen molar-refractivity contribution in [2.75, 3.05) is 11.9 Å². The van der Waals surface area contributed by atoms with Crippen LogP contribution in [0.25, 0.3) is 0 Å². The summed E-state index contributed by atoms with van der Waals surface area (Å²) in [6, 6.07) is 3.42. The molecule has 0 fully saturated rings. The summed E-state index contributed by atoms with van der Waals surface area (Å²) in [6.45, 7) is 5.16. The second kappa shape index (κ2) is 3.60. The standard InChI is InChI=1S/C12H16FN/c1-3-9-6-10-11(13)5-4-8(2)12(10)14-7-9/h4-5,9,14H,3,6-7H2,1-2H3. The molecule has 0 amide bonds. The van der Waals surface area contributed by atoms with Gasteiger partial charge in [-0.1, -0.05) is 19.4 Å². The molecule has 0 aliphatic carbocycles. The normalized spacial score (nSPS) is 20.1. The van der Waals surface area contributed by atoms with E-state index in [1.807, 2.05) is 13.0 Å². The second-order valence-electron chi connectivity index (χ2n) is 4.08. The Morgan fingerprint density at radius 1 is 1.50 bits per heavy atom. The summed E-state index contributed by atoms with van der Waals surface area (Å²) in [5, 5.41) is 3.33. The van der Waals surface area contributed by atoms with Crippen molar-refractivity contribution >= 4 is 5.69 Å². The molecule has 0 aromatic heterocycles. The number of hydrogen-bond acceptors (Lipinski definition) is 1. The Hall–Kier alpha value is -1.05. The smallest absolute Gasteiger partial charge is 0.128 e. The first-order chi connectivity index (χ1) is 6.72. The van der Waals surface area contributed by atoms with Gasteiger partial charge in [0.25, 0.3) is 0 Å². The Kier molecular flexibility index (Phi) is 2.44. The average molecular weight is 193 g/mol. The van der Waals surface area contributed by atoms with Crippen LogP contribution in [0.3, 0.4) is 0 Å². The monoisotopic (exact) mass is 193 g/mol. The third-order valence-electron chi connectivity index (χ3n) is 3.10. The van der Waals surface area contributed by atoms with Crippen molar-refractivity contribution in [2.24, 2.45) is 5.92 Å². The molecule has 0 spiro atoms. The third kappa shape index (κ3) is 1.49. The first-order valence-corrected chi connectivity index (χ1v) is 5.24. The number of nitrogens with one attached hydrogen (secondary N) is 1. The first kappa shape index (κ1) is 9.50. The lowest BCUT2D eigenvalue weighted by Gasteiger charge is -2.26. The molecule has 0 radical (unpaired) electrons. The molecule has 1 atom stereocenters. The summed E-state index contributed by atoms with van der Waals surface area (Å²) in [5.41, 5.74) is 3.05. The molecule has 14 heavy (non-hydrogen) atoms. The first-order valence-electron chi connectivity index (χ1n) is 5.24. The molecule has 1 nitrogen and oxygen atoms in total. The SMILES string of the molecule is CCC1CNc2c(C)ccc(F)c2C1. The van der Waals surface area contributed by atoms with Crippen LogP contribution in [0.1, 0.15) is 24.5 Å². The number of halogens is 1. The van der Waals surface area contributed by atoms with E-state index in [4.69, 9.17) is 0 Å². The molecule has 1 aromatic rings. The van der Waals surface area contributed by atoms with Crippen molar-refractivity contribution in [3.05, 3.63) is 29.1 Å². The van der Waals surface area contributed by atoms with E-state index in [1.54, 1.807) is 6.07 Å². The molecular formula is C12H16FN. The summed E-state index contributed by atoms with van der Waals surface area (Å²) in [4.78, 5) is 0. The van der Waals surface area contributed by atoms with Gasteiger partial charge in [0.1, 0.15) is 5.82 Å². The van der Waals surface area contributed by atoms with E-state index in [-0.39, 0.29) is 5.82 Å². The van der Waals surface area contributed by atoms with Crippen LogP contribution in [0.5, 0.6) is 0 Å². The van der Waals surface area contributed by atoms with Crippen LogP contribution in [-0.4, -0.2) is 6.54 Å². The number of anilines is 1. The molecule has 1 unspecified atom stereocenters. The quantitative estimate of drug-likeness (QED) is 0.722. The van der Waals surface area contributed by atoms with Crippen LogP contribution in [0.15, 0.2) is 12.1 Å². The topological polar surface area (TPSA) is 12.0 Å².